The van der Waals surface area contributed by atoms with Gasteiger partial charge in [0.25, 0.3) is 11.1 Å². The van der Waals surface area contributed by atoms with Gasteiger partial charge in [0.2, 0.25) is 11.8 Å². The maximum atomic E-state index is 5.71. The zero-order chi connectivity index (χ0) is 18.1. The SMILES string of the molecule is Cc1ccc(-c2nnc(CSc3nnc(-c4sc(C)nc4C)o3)o2)cc1. The van der Waals surface area contributed by atoms with Crippen molar-refractivity contribution < 1.29 is 8.83 Å². The topological polar surface area (TPSA) is 90.7 Å². The smallest absolute Gasteiger partial charge is 0.277 e. The summed E-state index contributed by atoms with van der Waals surface area (Å²) >= 11 is 2.90. The van der Waals surface area contributed by atoms with E-state index in [1.54, 1.807) is 0 Å². The highest BCUT2D eigenvalue weighted by Crippen LogP contribution is 2.31. The van der Waals surface area contributed by atoms with Gasteiger partial charge in [-0.3, -0.25) is 0 Å². The maximum absolute atomic E-state index is 5.71. The Bertz CT molecular complexity index is 1040. The van der Waals surface area contributed by atoms with E-state index < -0.39 is 0 Å². The van der Waals surface area contributed by atoms with Crippen LogP contribution in [0.3, 0.4) is 0 Å². The highest BCUT2D eigenvalue weighted by molar-refractivity contribution is 7.98. The van der Waals surface area contributed by atoms with Crippen LogP contribution < -0.4 is 0 Å². The Hall–Kier alpha value is -2.52. The van der Waals surface area contributed by atoms with Crippen LogP contribution in [0.2, 0.25) is 0 Å². The molecule has 1 aromatic carbocycles. The first-order valence-electron chi connectivity index (χ1n) is 7.88. The zero-order valence-corrected chi connectivity index (χ0v) is 16.0. The van der Waals surface area contributed by atoms with E-state index in [4.69, 9.17) is 8.83 Å². The molecule has 0 saturated carbocycles. The third-order valence-electron chi connectivity index (χ3n) is 3.59. The Morgan fingerprint density at radius 2 is 1.69 bits per heavy atom. The van der Waals surface area contributed by atoms with Gasteiger partial charge < -0.3 is 8.83 Å². The van der Waals surface area contributed by atoms with Crippen LogP contribution in [-0.2, 0) is 5.75 Å². The molecule has 0 N–H and O–H groups in total. The van der Waals surface area contributed by atoms with E-state index in [0.29, 0.717) is 28.6 Å². The molecule has 0 atom stereocenters. The number of aromatic nitrogens is 5. The number of thioether (sulfide) groups is 1. The molecule has 0 saturated heterocycles. The van der Waals surface area contributed by atoms with E-state index in [1.165, 1.54) is 28.7 Å². The van der Waals surface area contributed by atoms with Crippen LogP contribution in [0.4, 0.5) is 0 Å². The Labute approximate surface area is 157 Å². The lowest BCUT2D eigenvalue weighted by molar-refractivity contribution is 0.465. The average Bonchev–Trinajstić information content (AvgIpc) is 3.33. The summed E-state index contributed by atoms with van der Waals surface area (Å²) in [6, 6.07) is 7.95. The number of nitrogens with zero attached hydrogens (tertiary/aromatic N) is 5. The zero-order valence-electron chi connectivity index (χ0n) is 14.4. The van der Waals surface area contributed by atoms with E-state index in [-0.39, 0.29) is 0 Å². The fourth-order valence-corrected chi connectivity index (χ4v) is 3.78. The van der Waals surface area contributed by atoms with Crippen LogP contribution in [0, 0.1) is 20.8 Å². The Morgan fingerprint density at radius 3 is 2.42 bits per heavy atom. The quantitative estimate of drug-likeness (QED) is 0.465. The number of thiazole rings is 1. The van der Waals surface area contributed by atoms with E-state index in [9.17, 15) is 0 Å². The summed E-state index contributed by atoms with van der Waals surface area (Å²) < 4.78 is 11.4. The van der Waals surface area contributed by atoms with Gasteiger partial charge in [-0.15, -0.1) is 31.7 Å². The van der Waals surface area contributed by atoms with Crippen LogP contribution in [0.15, 0.2) is 38.3 Å². The average molecular weight is 385 g/mol. The molecule has 4 aromatic rings. The van der Waals surface area contributed by atoms with Gasteiger partial charge in [0.05, 0.1) is 16.5 Å². The Kier molecular flexibility index (Phi) is 4.56. The summed E-state index contributed by atoms with van der Waals surface area (Å²) in [4.78, 5) is 5.28. The fraction of sp³-hybridized carbons (Fsp3) is 0.235. The number of rotatable bonds is 5. The molecule has 0 bridgehead atoms. The lowest BCUT2D eigenvalue weighted by atomic mass is 10.1. The molecule has 132 valence electrons. The van der Waals surface area contributed by atoms with Crippen LogP contribution >= 0.6 is 23.1 Å². The predicted octanol–water partition coefficient (Wildman–Crippen LogP) is 4.46. The second-order valence-electron chi connectivity index (χ2n) is 5.68. The van der Waals surface area contributed by atoms with Gasteiger partial charge in [-0.2, -0.15) is 0 Å². The van der Waals surface area contributed by atoms with Gasteiger partial charge in [0.1, 0.15) is 4.88 Å². The van der Waals surface area contributed by atoms with E-state index in [2.05, 4.69) is 25.4 Å². The van der Waals surface area contributed by atoms with Crippen LogP contribution in [0.1, 0.15) is 22.2 Å². The van der Waals surface area contributed by atoms with Gasteiger partial charge in [0.15, 0.2) is 0 Å². The summed E-state index contributed by atoms with van der Waals surface area (Å²) in [5.74, 6) is 1.96. The van der Waals surface area contributed by atoms with Crippen molar-refractivity contribution in [2.24, 2.45) is 0 Å². The molecule has 3 aromatic heterocycles. The van der Waals surface area contributed by atoms with Crippen molar-refractivity contribution >= 4 is 23.1 Å². The van der Waals surface area contributed by atoms with Crippen molar-refractivity contribution in [2.45, 2.75) is 31.7 Å². The van der Waals surface area contributed by atoms with Crippen LogP contribution in [-0.4, -0.2) is 25.4 Å². The molecule has 3 heterocycles. The molecule has 0 radical (unpaired) electrons. The molecule has 0 spiro atoms. The van der Waals surface area contributed by atoms with Gasteiger partial charge in [-0.25, -0.2) is 4.98 Å². The van der Waals surface area contributed by atoms with Crippen molar-refractivity contribution in [2.75, 3.05) is 0 Å². The van der Waals surface area contributed by atoms with Crippen molar-refractivity contribution in [3.8, 4) is 22.2 Å². The normalized spacial score (nSPS) is 11.2. The Morgan fingerprint density at radius 1 is 0.923 bits per heavy atom. The van der Waals surface area contributed by atoms with Crippen molar-refractivity contribution in [3.05, 3.63) is 46.4 Å². The molecule has 0 fully saturated rings. The van der Waals surface area contributed by atoms with Gasteiger partial charge in [0, 0.05) is 5.56 Å². The van der Waals surface area contributed by atoms with Crippen molar-refractivity contribution in [3.63, 3.8) is 0 Å². The van der Waals surface area contributed by atoms with E-state index >= 15 is 0 Å². The molecule has 0 aliphatic rings. The second-order valence-corrected chi connectivity index (χ2v) is 7.81. The molecule has 9 heteroatoms. The fourth-order valence-electron chi connectivity index (χ4n) is 2.34. The molecule has 7 nitrogen and oxygen atoms in total. The summed E-state index contributed by atoms with van der Waals surface area (Å²) in [6.45, 7) is 5.92. The summed E-state index contributed by atoms with van der Waals surface area (Å²) in [6.07, 6.45) is 0. The molecule has 0 aliphatic heterocycles. The number of hydrogen-bond acceptors (Lipinski definition) is 9. The minimum absolute atomic E-state index is 0.459. The lowest BCUT2D eigenvalue weighted by Gasteiger charge is -1.95. The molecule has 26 heavy (non-hydrogen) atoms. The third kappa shape index (κ3) is 3.54. The predicted molar refractivity (Wildman–Crippen MR) is 98.9 cm³/mol. The number of benzene rings is 1. The lowest BCUT2D eigenvalue weighted by Crippen LogP contribution is -1.80. The molecule has 0 amide bonds. The monoisotopic (exact) mass is 385 g/mol. The van der Waals surface area contributed by atoms with Crippen LogP contribution in [0.5, 0.6) is 0 Å². The van der Waals surface area contributed by atoms with Crippen LogP contribution in [0.25, 0.3) is 22.2 Å². The van der Waals surface area contributed by atoms with Gasteiger partial charge in [-0.1, -0.05) is 29.5 Å². The summed E-state index contributed by atoms with van der Waals surface area (Å²) in [5, 5.41) is 17.8. The highest BCUT2D eigenvalue weighted by Gasteiger charge is 2.16. The molecular weight excluding hydrogens is 370 g/mol. The Balaban J connectivity index is 1.43. The third-order valence-corrected chi connectivity index (χ3v) is 5.45. The molecule has 0 unspecified atom stereocenters. The maximum Gasteiger partial charge on any atom is 0.277 e. The number of hydrogen-bond donors (Lipinski definition) is 0. The molecule has 0 aliphatic carbocycles. The summed E-state index contributed by atoms with van der Waals surface area (Å²) in [5.41, 5.74) is 2.98. The first kappa shape index (κ1) is 16.9. The highest BCUT2D eigenvalue weighted by atomic mass is 32.2. The largest absolute Gasteiger partial charge is 0.420 e. The van der Waals surface area contributed by atoms with Crippen molar-refractivity contribution in [1.82, 2.24) is 25.4 Å². The first-order chi connectivity index (χ1) is 12.6. The van der Waals surface area contributed by atoms with Gasteiger partial charge in [-0.05, 0) is 32.9 Å². The summed E-state index contributed by atoms with van der Waals surface area (Å²) in [7, 11) is 0. The van der Waals surface area contributed by atoms with E-state index in [1.807, 2.05) is 45.0 Å². The minimum atomic E-state index is 0.459. The molecule has 4 rings (SSSR count). The first-order valence-corrected chi connectivity index (χ1v) is 9.69. The number of aryl methyl sites for hydroxylation is 3. The standard InChI is InChI=1S/C17H15N5O2S2/c1-9-4-6-12(7-5-9)15-20-19-13(23-15)8-25-17-22-21-16(24-17)14-10(2)18-11(3)26-14/h4-7H,8H2,1-3H3. The second kappa shape index (κ2) is 7.00. The van der Waals surface area contributed by atoms with E-state index in [0.717, 1.165) is 21.1 Å². The molecular formula is C17H15N5O2S2. The minimum Gasteiger partial charge on any atom is -0.420 e. The van der Waals surface area contributed by atoms with Gasteiger partial charge >= 0.3 is 0 Å². The van der Waals surface area contributed by atoms with Crippen molar-refractivity contribution in [1.29, 1.82) is 0 Å².